The van der Waals surface area contributed by atoms with Crippen LogP contribution in [0.1, 0.15) is 19.8 Å². The minimum atomic E-state index is -4.18. The Balaban J connectivity index is 2.25. The van der Waals surface area contributed by atoms with E-state index >= 15 is 0 Å². The Labute approximate surface area is 123 Å². The Morgan fingerprint density at radius 2 is 2.00 bits per heavy atom. The molecule has 1 rings (SSSR count). The van der Waals surface area contributed by atoms with Crippen LogP contribution in [0, 0.1) is 0 Å². The molecule has 0 bridgehead atoms. The number of amides is 2. The third-order valence-electron chi connectivity index (χ3n) is 3.22. The molecule has 0 spiro atoms. The molecule has 1 N–H and O–H groups in total. The van der Waals surface area contributed by atoms with Gasteiger partial charge in [0.2, 0.25) is 0 Å². The van der Waals surface area contributed by atoms with Gasteiger partial charge < -0.3 is 15.0 Å². The molecule has 0 saturated carbocycles. The smallest absolute Gasteiger partial charge is 0.382 e. The summed E-state index contributed by atoms with van der Waals surface area (Å²) in [5, 5.41) is 2.77. The summed E-state index contributed by atoms with van der Waals surface area (Å²) in [5.41, 5.74) is 0. The van der Waals surface area contributed by atoms with Gasteiger partial charge in [-0.25, -0.2) is 4.79 Å². The van der Waals surface area contributed by atoms with Crippen molar-refractivity contribution < 1.29 is 22.7 Å². The molecule has 1 aliphatic heterocycles. The topological polar surface area (TPSA) is 44.8 Å². The van der Waals surface area contributed by atoms with Gasteiger partial charge in [-0.2, -0.15) is 13.2 Å². The first-order valence-corrected chi connectivity index (χ1v) is 7.32. The van der Waals surface area contributed by atoms with E-state index in [1.807, 2.05) is 6.92 Å². The van der Waals surface area contributed by atoms with Crippen molar-refractivity contribution >= 4 is 6.03 Å². The van der Waals surface area contributed by atoms with Crippen LogP contribution in [-0.2, 0) is 4.74 Å². The number of nitrogens with zero attached hydrogens (tertiary/aromatic N) is 2. The molecule has 124 valence electrons. The van der Waals surface area contributed by atoms with Crippen LogP contribution in [0.5, 0.6) is 0 Å². The van der Waals surface area contributed by atoms with Crippen LogP contribution < -0.4 is 5.32 Å². The first-order valence-electron chi connectivity index (χ1n) is 7.32. The second-order valence-corrected chi connectivity index (χ2v) is 5.01. The number of halogens is 3. The minimum absolute atomic E-state index is 0.208. The van der Waals surface area contributed by atoms with E-state index in [4.69, 9.17) is 4.74 Å². The van der Waals surface area contributed by atoms with Crippen molar-refractivity contribution in [2.75, 3.05) is 52.5 Å². The van der Waals surface area contributed by atoms with Crippen LogP contribution >= 0.6 is 0 Å². The summed E-state index contributed by atoms with van der Waals surface area (Å²) < 4.78 is 42.2. The number of carbonyl (C=O) groups excluding carboxylic acids is 1. The van der Waals surface area contributed by atoms with Crippen LogP contribution in [-0.4, -0.2) is 74.5 Å². The molecule has 1 heterocycles. The van der Waals surface area contributed by atoms with Crippen molar-refractivity contribution in [3.8, 4) is 0 Å². The van der Waals surface area contributed by atoms with Gasteiger partial charge >= 0.3 is 12.2 Å². The van der Waals surface area contributed by atoms with Crippen LogP contribution in [0.25, 0.3) is 0 Å². The molecule has 1 aliphatic rings. The second kappa shape index (κ2) is 9.09. The average molecular weight is 311 g/mol. The number of ether oxygens (including phenoxy) is 1. The summed E-state index contributed by atoms with van der Waals surface area (Å²) in [6.07, 6.45) is -2.90. The Bertz CT molecular complexity index is 314. The van der Waals surface area contributed by atoms with Crippen molar-refractivity contribution in [1.29, 1.82) is 0 Å². The predicted molar refractivity (Wildman–Crippen MR) is 73.2 cm³/mol. The summed E-state index contributed by atoms with van der Waals surface area (Å²) in [5.74, 6) is 0. The first-order chi connectivity index (χ1) is 9.92. The normalized spacial score (nSPS) is 17.6. The number of urea groups is 1. The average Bonchev–Trinajstić information content (AvgIpc) is 2.62. The van der Waals surface area contributed by atoms with Crippen molar-refractivity contribution in [3.63, 3.8) is 0 Å². The Hall–Kier alpha value is -1.02. The van der Waals surface area contributed by atoms with Crippen LogP contribution in [0.3, 0.4) is 0 Å². The number of carbonyl (C=O) groups is 1. The quantitative estimate of drug-likeness (QED) is 0.759. The summed E-state index contributed by atoms with van der Waals surface area (Å²) in [4.78, 5) is 14.8. The van der Waals surface area contributed by atoms with Crippen molar-refractivity contribution in [1.82, 2.24) is 15.1 Å². The fraction of sp³-hybridized carbons (Fsp3) is 0.923. The molecule has 0 atom stereocenters. The second-order valence-electron chi connectivity index (χ2n) is 5.01. The van der Waals surface area contributed by atoms with Crippen LogP contribution in [0.15, 0.2) is 0 Å². The zero-order valence-corrected chi connectivity index (χ0v) is 12.4. The van der Waals surface area contributed by atoms with E-state index in [1.54, 1.807) is 4.90 Å². The number of hydrogen-bond acceptors (Lipinski definition) is 3. The molecule has 5 nitrogen and oxygen atoms in total. The lowest BCUT2D eigenvalue weighted by Crippen LogP contribution is -2.43. The lowest BCUT2D eigenvalue weighted by Gasteiger charge is -2.23. The van der Waals surface area contributed by atoms with E-state index in [1.165, 1.54) is 4.90 Å². The highest BCUT2D eigenvalue weighted by molar-refractivity contribution is 5.74. The van der Waals surface area contributed by atoms with Gasteiger partial charge in [-0.1, -0.05) is 0 Å². The van der Waals surface area contributed by atoms with E-state index in [-0.39, 0.29) is 12.6 Å². The molecule has 1 fully saturated rings. The summed E-state index contributed by atoms with van der Waals surface area (Å²) >= 11 is 0. The van der Waals surface area contributed by atoms with Gasteiger partial charge in [0.05, 0.1) is 6.54 Å². The zero-order chi connectivity index (χ0) is 15.7. The van der Waals surface area contributed by atoms with Crippen molar-refractivity contribution in [2.24, 2.45) is 0 Å². The third-order valence-corrected chi connectivity index (χ3v) is 3.22. The number of hydrogen-bond donors (Lipinski definition) is 1. The van der Waals surface area contributed by atoms with Gasteiger partial charge in [0.15, 0.2) is 0 Å². The molecule has 21 heavy (non-hydrogen) atoms. The van der Waals surface area contributed by atoms with Gasteiger partial charge in [-0.05, 0) is 19.8 Å². The van der Waals surface area contributed by atoms with Gasteiger partial charge in [0, 0.05) is 45.9 Å². The standard InChI is InChI=1S/C13H24F3N3O2/c1-2-21-10-3-5-17-12(20)19-7-4-6-18(8-9-19)11-13(14,15)16/h2-11H2,1H3,(H,17,20). The highest BCUT2D eigenvalue weighted by Crippen LogP contribution is 2.17. The highest BCUT2D eigenvalue weighted by atomic mass is 19.4. The Morgan fingerprint density at radius 3 is 2.67 bits per heavy atom. The van der Waals surface area contributed by atoms with Gasteiger partial charge in [-0.3, -0.25) is 4.90 Å². The van der Waals surface area contributed by atoms with E-state index < -0.39 is 12.7 Å². The fourth-order valence-corrected chi connectivity index (χ4v) is 2.21. The molecule has 0 aliphatic carbocycles. The Morgan fingerprint density at radius 1 is 1.24 bits per heavy atom. The molecular weight excluding hydrogens is 287 g/mol. The third kappa shape index (κ3) is 8.11. The van der Waals surface area contributed by atoms with E-state index in [2.05, 4.69) is 5.32 Å². The summed E-state index contributed by atoms with van der Waals surface area (Å²) in [6.45, 7) is 4.20. The van der Waals surface area contributed by atoms with Crippen molar-refractivity contribution in [3.05, 3.63) is 0 Å². The maximum atomic E-state index is 12.4. The van der Waals surface area contributed by atoms with Crippen molar-refractivity contribution in [2.45, 2.75) is 25.9 Å². The maximum absolute atomic E-state index is 12.4. The van der Waals surface area contributed by atoms with Crippen LogP contribution in [0.2, 0.25) is 0 Å². The maximum Gasteiger partial charge on any atom is 0.401 e. The molecule has 0 radical (unpaired) electrons. The first kappa shape index (κ1) is 18.0. The van der Waals surface area contributed by atoms with Gasteiger partial charge in [-0.15, -0.1) is 0 Å². The molecular formula is C13H24F3N3O2. The summed E-state index contributed by atoms with van der Waals surface area (Å²) in [7, 11) is 0. The molecule has 0 aromatic carbocycles. The number of rotatable bonds is 6. The molecule has 2 amide bonds. The summed E-state index contributed by atoms with van der Waals surface area (Å²) in [6, 6.07) is -0.208. The van der Waals surface area contributed by atoms with E-state index in [0.717, 1.165) is 6.42 Å². The highest BCUT2D eigenvalue weighted by Gasteiger charge is 2.31. The largest absolute Gasteiger partial charge is 0.401 e. The Kier molecular flexibility index (Phi) is 7.81. The fourth-order valence-electron chi connectivity index (χ4n) is 2.21. The van der Waals surface area contributed by atoms with Gasteiger partial charge in [0.25, 0.3) is 0 Å². The molecule has 0 aromatic heterocycles. The SMILES string of the molecule is CCOCCCNC(=O)N1CCCN(CC(F)(F)F)CC1. The number of alkyl halides is 3. The number of nitrogens with one attached hydrogen (secondary N) is 1. The minimum Gasteiger partial charge on any atom is -0.382 e. The van der Waals surface area contributed by atoms with Crippen LogP contribution in [0.4, 0.5) is 18.0 Å². The lowest BCUT2D eigenvalue weighted by molar-refractivity contribution is -0.145. The molecule has 0 aromatic rings. The van der Waals surface area contributed by atoms with Gasteiger partial charge in [0.1, 0.15) is 0 Å². The molecule has 8 heteroatoms. The molecule has 1 saturated heterocycles. The lowest BCUT2D eigenvalue weighted by atomic mass is 10.4. The van der Waals surface area contributed by atoms with E-state index in [0.29, 0.717) is 45.8 Å². The zero-order valence-electron chi connectivity index (χ0n) is 12.4. The predicted octanol–water partition coefficient (Wildman–Crippen LogP) is 1.69. The monoisotopic (exact) mass is 311 g/mol. The van der Waals surface area contributed by atoms with E-state index in [9.17, 15) is 18.0 Å². The molecule has 0 unspecified atom stereocenters.